The van der Waals surface area contributed by atoms with E-state index in [0.717, 1.165) is 32.1 Å². The maximum absolute atomic E-state index is 10.1. The number of nitrogens with two attached hydrogens (primary N) is 1. The Kier molecular flexibility index (Phi) is 3.13. The monoisotopic (exact) mass is 171 g/mol. The molecule has 0 heterocycles. The number of hydrogen-bond donors (Lipinski definition) is 2. The molecule has 2 nitrogen and oxygen atoms in total. The van der Waals surface area contributed by atoms with Gasteiger partial charge >= 0.3 is 0 Å². The Labute approximate surface area is 75.2 Å². The SMILES string of the molecule is CC(C)CC1(O)CCC(N)CC1. The van der Waals surface area contributed by atoms with Gasteiger partial charge in [0.1, 0.15) is 0 Å². The van der Waals surface area contributed by atoms with E-state index < -0.39 is 5.60 Å². The second kappa shape index (κ2) is 3.75. The van der Waals surface area contributed by atoms with Crippen molar-refractivity contribution >= 4 is 0 Å². The summed E-state index contributed by atoms with van der Waals surface area (Å²) in [6, 6.07) is 0.331. The van der Waals surface area contributed by atoms with E-state index in [1.54, 1.807) is 0 Å². The molecule has 0 aliphatic heterocycles. The highest BCUT2D eigenvalue weighted by Crippen LogP contribution is 2.32. The number of hydrogen-bond acceptors (Lipinski definition) is 2. The molecule has 0 saturated heterocycles. The Bertz CT molecular complexity index is 137. The van der Waals surface area contributed by atoms with Crippen LogP contribution in [0.2, 0.25) is 0 Å². The first-order chi connectivity index (χ1) is 5.52. The van der Waals surface area contributed by atoms with Crippen LogP contribution in [0.5, 0.6) is 0 Å². The van der Waals surface area contributed by atoms with Crippen molar-refractivity contribution in [3.05, 3.63) is 0 Å². The molecule has 0 spiro atoms. The van der Waals surface area contributed by atoms with Crippen LogP contribution in [0.1, 0.15) is 46.0 Å². The first-order valence-electron chi connectivity index (χ1n) is 5.00. The molecule has 1 rings (SSSR count). The van der Waals surface area contributed by atoms with E-state index in [1.807, 2.05) is 0 Å². The molecule has 12 heavy (non-hydrogen) atoms. The van der Waals surface area contributed by atoms with E-state index in [0.29, 0.717) is 12.0 Å². The van der Waals surface area contributed by atoms with E-state index >= 15 is 0 Å². The largest absolute Gasteiger partial charge is 0.390 e. The van der Waals surface area contributed by atoms with Gasteiger partial charge in [0.25, 0.3) is 0 Å². The van der Waals surface area contributed by atoms with Gasteiger partial charge in [0, 0.05) is 6.04 Å². The molecule has 1 aliphatic carbocycles. The molecule has 3 N–H and O–H groups in total. The van der Waals surface area contributed by atoms with Crippen molar-refractivity contribution in [2.45, 2.75) is 57.6 Å². The van der Waals surface area contributed by atoms with Crippen LogP contribution in [0.3, 0.4) is 0 Å². The van der Waals surface area contributed by atoms with Gasteiger partial charge in [0.05, 0.1) is 5.60 Å². The van der Waals surface area contributed by atoms with Gasteiger partial charge in [-0.05, 0) is 38.0 Å². The zero-order chi connectivity index (χ0) is 9.19. The van der Waals surface area contributed by atoms with Crippen LogP contribution in [0.25, 0.3) is 0 Å². The summed E-state index contributed by atoms with van der Waals surface area (Å²) in [5.41, 5.74) is 5.38. The van der Waals surface area contributed by atoms with Crippen molar-refractivity contribution in [3.63, 3.8) is 0 Å². The fraction of sp³-hybridized carbons (Fsp3) is 1.00. The second-order valence-electron chi connectivity index (χ2n) is 4.66. The highest BCUT2D eigenvalue weighted by Gasteiger charge is 2.32. The third-order valence-corrected chi connectivity index (χ3v) is 2.75. The molecule has 0 atom stereocenters. The lowest BCUT2D eigenvalue weighted by molar-refractivity contribution is -0.0177. The molecular formula is C10H21NO. The zero-order valence-corrected chi connectivity index (χ0v) is 8.21. The van der Waals surface area contributed by atoms with Crippen LogP contribution in [0.15, 0.2) is 0 Å². The van der Waals surface area contributed by atoms with Crippen LogP contribution in [-0.2, 0) is 0 Å². The van der Waals surface area contributed by atoms with Crippen molar-refractivity contribution in [1.82, 2.24) is 0 Å². The second-order valence-corrected chi connectivity index (χ2v) is 4.66. The molecule has 0 aromatic heterocycles. The van der Waals surface area contributed by atoms with Gasteiger partial charge in [-0.3, -0.25) is 0 Å². The Hall–Kier alpha value is -0.0800. The molecule has 0 amide bonds. The summed E-state index contributed by atoms with van der Waals surface area (Å²) >= 11 is 0. The van der Waals surface area contributed by atoms with Crippen LogP contribution in [0.4, 0.5) is 0 Å². The van der Waals surface area contributed by atoms with Gasteiger partial charge in [-0.2, -0.15) is 0 Å². The lowest BCUT2D eigenvalue weighted by atomic mass is 9.78. The molecule has 1 saturated carbocycles. The van der Waals surface area contributed by atoms with E-state index in [2.05, 4.69) is 13.8 Å². The summed E-state index contributed by atoms with van der Waals surface area (Å²) in [7, 11) is 0. The first kappa shape index (κ1) is 10.0. The lowest BCUT2D eigenvalue weighted by Crippen LogP contribution is -2.39. The predicted molar refractivity (Wildman–Crippen MR) is 50.8 cm³/mol. The molecule has 0 unspecified atom stereocenters. The Morgan fingerprint density at radius 3 is 2.33 bits per heavy atom. The smallest absolute Gasteiger partial charge is 0.0651 e. The summed E-state index contributed by atoms with van der Waals surface area (Å²) in [5, 5.41) is 10.1. The van der Waals surface area contributed by atoms with E-state index in [9.17, 15) is 5.11 Å². The van der Waals surface area contributed by atoms with Crippen LogP contribution >= 0.6 is 0 Å². The number of rotatable bonds is 2. The van der Waals surface area contributed by atoms with Crippen molar-refractivity contribution in [2.75, 3.05) is 0 Å². The van der Waals surface area contributed by atoms with Crippen molar-refractivity contribution in [3.8, 4) is 0 Å². The van der Waals surface area contributed by atoms with Gasteiger partial charge < -0.3 is 10.8 Å². The summed E-state index contributed by atoms with van der Waals surface area (Å²) < 4.78 is 0. The zero-order valence-electron chi connectivity index (χ0n) is 8.21. The van der Waals surface area contributed by atoms with Gasteiger partial charge in [-0.15, -0.1) is 0 Å². The average Bonchev–Trinajstić information content (AvgIpc) is 1.94. The molecule has 0 radical (unpaired) electrons. The van der Waals surface area contributed by atoms with Gasteiger partial charge in [-0.25, -0.2) is 0 Å². The average molecular weight is 171 g/mol. The predicted octanol–water partition coefficient (Wildman–Crippen LogP) is 1.66. The molecule has 1 fully saturated rings. The summed E-state index contributed by atoms with van der Waals surface area (Å²) in [5.74, 6) is 0.587. The van der Waals surface area contributed by atoms with Crippen molar-refractivity contribution in [1.29, 1.82) is 0 Å². The highest BCUT2D eigenvalue weighted by molar-refractivity contribution is 4.87. The topological polar surface area (TPSA) is 46.2 Å². The van der Waals surface area contributed by atoms with Crippen molar-refractivity contribution < 1.29 is 5.11 Å². The molecule has 0 bridgehead atoms. The summed E-state index contributed by atoms with van der Waals surface area (Å²) in [4.78, 5) is 0. The minimum absolute atomic E-state index is 0.331. The lowest BCUT2D eigenvalue weighted by Gasteiger charge is -2.36. The van der Waals surface area contributed by atoms with Crippen molar-refractivity contribution in [2.24, 2.45) is 11.7 Å². The third-order valence-electron chi connectivity index (χ3n) is 2.75. The van der Waals surface area contributed by atoms with Gasteiger partial charge in [-0.1, -0.05) is 13.8 Å². The maximum Gasteiger partial charge on any atom is 0.0651 e. The highest BCUT2D eigenvalue weighted by atomic mass is 16.3. The Morgan fingerprint density at radius 1 is 1.42 bits per heavy atom. The van der Waals surface area contributed by atoms with Crippen LogP contribution < -0.4 is 5.73 Å². The molecule has 0 aromatic carbocycles. The van der Waals surface area contributed by atoms with Crippen LogP contribution in [-0.4, -0.2) is 16.7 Å². The molecule has 0 aromatic rings. The molecular weight excluding hydrogens is 150 g/mol. The normalized spacial score (nSPS) is 37.2. The van der Waals surface area contributed by atoms with Gasteiger partial charge in [0.15, 0.2) is 0 Å². The fourth-order valence-electron chi connectivity index (χ4n) is 2.14. The standard InChI is InChI=1S/C10H21NO/c1-8(2)7-10(12)5-3-9(11)4-6-10/h8-9,12H,3-7,11H2,1-2H3. The quantitative estimate of drug-likeness (QED) is 0.664. The number of aliphatic hydroxyl groups is 1. The third kappa shape index (κ3) is 2.76. The fourth-order valence-corrected chi connectivity index (χ4v) is 2.14. The minimum atomic E-state index is -0.399. The minimum Gasteiger partial charge on any atom is -0.390 e. The van der Waals surface area contributed by atoms with E-state index in [1.165, 1.54) is 0 Å². The Morgan fingerprint density at radius 2 is 1.92 bits per heavy atom. The van der Waals surface area contributed by atoms with E-state index in [4.69, 9.17) is 5.73 Å². The molecule has 2 heteroatoms. The first-order valence-corrected chi connectivity index (χ1v) is 5.00. The Balaban J connectivity index is 2.39. The van der Waals surface area contributed by atoms with E-state index in [-0.39, 0.29) is 0 Å². The van der Waals surface area contributed by atoms with Crippen LogP contribution in [0, 0.1) is 5.92 Å². The summed E-state index contributed by atoms with van der Waals surface area (Å²) in [6.07, 6.45) is 4.70. The maximum atomic E-state index is 10.1. The summed E-state index contributed by atoms with van der Waals surface area (Å²) in [6.45, 7) is 4.32. The van der Waals surface area contributed by atoms with Gasteiger partial charge in [0.2, 0.25) is 0 Å². The molecule has 72 valence electrons. The molecule has 1 aliphatic rings.